The van der Waals surface area contributed by atoms with Crippen molar-refractivity contribution in [1.29, 1.82) is 0 Å². The van der Waals surface area contributed by atoms with Crippen molar-refractivity contribution in [2.24, 2.45) is 0 Å². The first-order valence-corrected chi connectivity index (χ1v) is 33.0. The van der Waals surface area contributed by atoms with Gasteiger partial charge in [0.25, 0.3) is 0 Å². The maximum absolute atomic E-state index is 14.7. The van der Waals surface area contributed by atoms with Crippen molar-refractivity contribution in [3.63, 3.8) is 0 Å². The summed E-state index contributed by atoms with van der Waals surface area (Å²) < 4.78 is 26.1. The number of carboxylic acids is 1. The number of carboxylic acid groups (broad SMARTS) is 1. The topological polar surface area (TPSA) is 433 Å². The number of amides is 12. The molecule has 12 amide bonds. The summed E-state index contributed by atoms with van der Waals surface area (Å²) in [4.78, 5) is 169. The number of carbonyl (C=O) groups excluding carboxylic acids is 12. The van der Waals surface area contributed by atoms with Gasteiger partial charge in [-0.25, -0.2) is 28.8 Å². The van der Waals surface area contributed by atoms with E-state index in [9.17, 15) is 67.4 Å². The molecule has 0 aliphatic rings. The highest BCUT2D eigenvalue weighted by Crippen LogP contribution is 2.13. The van der Waals surface area contributed by atoms with Gasteiger partial charge >= 0.3 is 36.4 Å². The number of ether oxygens (including phenoxy) is 5. The van der Waals surface area contributed by atoms with Crippen LogP contribution in [0.2, 0.25) is 0 Å². The summed E-state index contributed by atoms with van der Waals surface area (Å²) in [5, 5.41) is 40.8. The first-order chi connectivity index (χ1) is 48.0. The molecule has 0 heterocycles. The van der Waals surface area contributed by atoms with Gasteiger partial charge in [-0.15, -0.1) is 0 Å². The highest BCUT2D eigenvalue weighted by molar-refractivity contribution is 5.95. The van der Waals surface area contributed by atoms with E-state index >= 15 is 0 Å². The number of hydrogen-bond donors (Lipinski definition) is 13. The van der Waals surface area contributed by atoms with Crippen LogP contribution < -0.4 is 63.8 Å². The fourth-order valence-corrected chi connectivity index (χ4v) is 9.09. The van der Waals surface area contributed by atoms with Crippen LogP contribution in [0.1, 0.15) is 120 Å². The SMILES string of the molecule is CC(C)(C)OC(=O)NC(CCCCNC(=O)CNC(=O)OCc1ccccc1)C(=O)NC(CCCCNC(=O)CNC(=O)OCc1ccccc1)C(=O)NC(CCCCNC(=O)CNC(=O)OCc1ccccc1)C(=O)NC(CCCCNC(=O)CNC(=O)OCc1ccccc1)C(=O)O. The van der Waals surface area contributed by atoms with Crippen molar-refractivity contribution in [1.82, 2.24) is 63.8 Å². The third-order valence-corrected chi connectivity index (χ3v) is 14.3. The van der Waals surface area contributed by atoms with E-state index < -0.39 is 134 Å². The summed E-state index contributed by atoms with van der Waals surface area (Å²) in [5.41, 5.74) is 1.95. The lowest BCUT2D eigenvalue weighted by molar-refractivity contribution is -0.142. The molecule has 0 saturated heterocycles. The molecule has 4 aromatic carbocycles. The highest BCUT2D eigenvalue weighted by atomic mass is 16.6. The van der Waals surface area contributed by atoms with Crippen molar-refractivity contribution in [2.75, 3.05) is 52.4 Å². The lowest BCUT2D eigenvalue weighted by atomic mass is 10.0. The minimum Gasteiger partial charge on any atom is -0.480 e. The van der Waals surface area contributed by atoms with Crippen molar-refractivity contribution in [3.8, 4) is 0 Å². The number of alkyl carbamates (subject to hydrolysis) is 5. The maximum atomic E-state index is 14.7. The molecule has 0 spiro atoms. The molecule has 100 heavy (non-hydrogen) atoms. The monoisotopic (exact) mass is 1390 g/mol. The molecule has 13 N–H and O–H groups in total. The van der Waals surface area contributed by atoms with Crippen LogP contribution in [0.5, 0.6) is 0 Å². The predicted octanol–water partition coefficient (Wildman–Crippen LogP) is 4.27. The summed E-state index contributed by atoms with van der Waals surface area (Å²) in [6.45, 7) is 3.35. The third-order valence-electron chi connectivity index (χ3n) is 14.3. The zero-order valence-corrected chi connectivity index (χ0v) is 56.6. The van der Waals surface area contributed by atoms with Crippen LogP contribution in [0.3, 0.4) is 0 Å². The Kier molecular flexibility index (Phi) is 38.3. The Labute approximate surface area is 580 Å². The molecule has 544 valence electrons. The minimum absolute atomic E-state index is 0.00880. The molecule has 0 aliphatic carbocycles. The Bertz CT molecular complexity index is 3220. The van der Waals surface area contributed by atoms with Crippen molar-refractivity contribution >= 4 is 77.8 Å². The summed E-state index contributed by atoms with van der Waals surface area (Å²) in [5.74, 6) is -6.33. The first-order valence-electron chi connectivity index (χ1n) is 33.0. The molecule has 4 unspecified atom stereocenters. The second-order valence-corrected chi connectivity index (χ2v) is 23.8. The van der Waals surface area contributed by atoms with Crippen molar-refractivity contribution in [2.45, 2.75) is 154 Å². The van der Waals surface area contributed by atoms with Gasteiger partial charge in [0.1, 0.15) is 56.2 Å². The molecular weight excluding hydrogens is 1300 g/mol. The van der Waals surface area contributed by atoms with Gasteiger partial charge in [0.2, 0.25) is 41.4 Å². The van der Waals surface area contributed by atoms with E-state index in [1.807, 2.05) is 12.1 Å². The molecule has 0 saturated carbocycles. The van der Waals surface area contributed by atoms with Gasteiger partial charge in [0.05, 0.1) is 26.2 Å². The molecule has 0 fully saturated rings. The van der Waals surface area contributed by atoms with E-state index in [1.54, 1.807) is 130 Å². The normalized spacial score (nSPS) is 11.9. The summed E-state index contributed by atoms with van der Waals surface area (Å²) in [6, 6.07) is 29.8. The van der Waals surface area contributed by atoms with E-state index in [-0.39, 0.29) is 130 Å². The van der Waals surface area contributed by atoms with Crippen LogP contribution in [0.25, 0.3) is 0 Å². The average molecular weight is 1400 g/mol. The lowest BCUT2D eigenvalue weighted by Crippen LogP contribution is -2.58. The largest absolute Gasteiger partial charge is 0.480 e. The molecule has 31 nitrogen and oxygen atoms in total. The Morgan fingerprint density at radius 1 is 0.320 bits per heavy atom. The molecule has 0 aromatic heterocycles. The Hall–Kier alpha value is -11.0. The predicted molar refractivity (Wildman–Crippen MR) is 363 cm³/mol. The van der Waals surface area contributed by atoms with Gasteiger partial charge in [-0.1, -0.05) is 121 Å². The molecule has 0 bridgehead atoms. The van der Waals surface area contributed by atoms with Crippen LogP contribution >= 0.6 is 0 Å². The summed E-state index contributed by atoms with van der Waals surface area (Å²) in [6.07, 6.45) is -3.11. The van der Waals surface area contributed by atoms with Gasteiger partial charge in [0.15, 0.2) is 0 Å². The number of aliphatic carboxylic acids is 1. The summed E-state index contributed by atoms with van der Waals surface area (Å²) in [7, 11) is 0. The van der Waals surface area contributed by atoms with Crippen molar-refractivity contribution < 1.29 is 91.1 Å². The average Bonchev–Trinajstić information content (AvgIpc) is 0.878. The standard InChI is InChI=1S/C69H94N12O19/c1-69(2,3)100-68(95)81-54(34-18-22-38-72-58(84)42-76-66(93)98-46-50-28-12-6-13-29-50)62(88)79-52(32-16-20-36-70-56(82)40-74-64(91)96-44-48-24-8-4-9-25-48)60(86)78-53(33-17-21-37-71-57(83)41-75-65(92)97-45-49-26-10-5-11-27-49)61(87)80-55(63(89)90)35-19-23-39-73-59(85)43-77-67(94)99-47-51-30-14-7-15-31-51/h4-15,24-31,52-55H,16-23,32-47H2,1-3H3,(H,70,82)(H,71,83)(H,72,84)(H,73,85)(H,74,91)(H,75,92)(H,76,93)(H,77,94)(H,78,86)(H,79,88)(H,80,87)(H,81,95)(H,89,90). The van der Waals surface area contributed by atoms with E-state index in [1.165, 1.54) is 0 Å². The number of rotatable bonds is 44. The number of nitrogens with one attached hydrogen (secondary N) is 12. The van der Waals surface area contributed by atoms with Crippen LogP contribution in [0.4, 0.5) is 24.0 Å². The number of carbonyl (C=O) groups is 13. The van der Waals surface area contributed by atoms with E-state index in [4.69, 9.17) is 23.7 Å². The minimum atomic E-state index is -1.51. The number of benzene rings is 4. The fraction of sp³-hybridized carbons (Fsp3) is 0.464. The van der Waals surface area contributed by atoms with Crippen LogP contribution in [-0.2, 0) is 88.5 Å². The zero-order chi connectivity index (χ0) is 72.8. The Morgan fingerprint density at radius 2 is 0.560 bits per heavy atom. The Balaban J connectivity index is 1.45. The molecule has 4 aromatic rings. The van der Waals surface area contributed by atoms with Gasteiger partial charge < -0.3 is 92.6 Å². The molecule has 31 heteroatoms. The van der Waals surface area contributed by atoms with E-state index in [2.05, 4.69) is 63.8 Å². The van der Waals surface area contributed by atoms with Gasteiger partial charge in [0, 0.05) is 26.2 Å². The van der Waals surface area contributed by atoms with Gasteiger partial charge in [-0.3, -0.25) is 33.6 Å². The van der Waals surface area contributed by atoms with Crippen LogP contribution in [0, 0.1) is 0 Å². The Morgan fingerprint density at radius 3 is 0.810 bits per heavy atom. The van der Waals surface area contributed by atoms with Gasteiger partial charge in [-0.05, 0) is 120 Å². The summed E-state index contributed by atoms with van der Waals surface area (Å²) >= 11 is 0. The fourth-order valence-electron chi connectivity index (χ4n) is 9.09. The third kappa shape index (κ3) is 38.1. The quantitative estimate of drug-likeness (QED) is 0.0217. The number of unbranched alkanes of at least 4 members (excludes halogenated alkanes) is 4. The second-order valence-electron chi connectivity index (χ2n) is 23.8. The molecule has 4 atom stereocenters. The highest BCUT2D eigenvalue weighted by Gasteiger charge is 2.32. The molecular formula is C69H94N12O19. The maximum Gasteiger partial charge on any atom is 0.408 e. The zero-order valence-electron chi connectivity index (χ0n) is 56.6. The number of hydrogen-bond acceptors (Lipinski definition) is 18. The lowest BCUT2D eigenvalue weighted by Gasteiger charge is -2.27. The smallest absolute Gasteiger partial charge is 0.408 e. The van der Waals surface area contributed by atoms with Crippen LogP contribution in [0.15, 0.2) is 121 Å². The van der Waals surface area contributed by atoms with E-state index in [0.717, 1.165) is 22.3 Å². The van der Waals surface area contributed by atoms with Crippen molar-refractivity contribution in [3.05, 3.63) is 144 Å². The molecule has 0 radical (unpaired) electrons. The first kappa shape index (κ1) is 81.4. The van der Waals surface area contributed by atoms with Crippen LogP contribution in [-0.4, -0.2) is 165 Å². The molecule has 4 rings (SSSR count). The molecule has 0 aliphatic heterocycles. The van der Waals surface area contributed by atoms with E-state index in [0.29, 0.717) is 0 Å². The second kappa shape index (κ2) is 47.0. The van der Waals surface area contributed by atoms with Gasteiger partial charge in [-0.2, -0.15) is 0 Å².